The average molecular weight is 930 g/mol. The van der Waals surface area contributed by atoms with E-state index < -0.39 is 19.0 Å². The molecule has 0 aliphatic rings. The van der Waals surface area contributed by atoms with Crippen LogP contribution in [0.1, 0.15) is 144 Å². The summed E-state index contributed by atoms with van der Waals surface area (Å²) in [5, 5.41) is 26.7. The minimum absolute atomic E-state index is 0. The molecular formula is C54H73N2O3PRu. The van der Waals surface area contributed by atoms with Gasteiger partial charge in [0.2, 0.25) is 0 Å². The number of hydrogen-bond donors (Lipinski definition) is 2. The fraction of sp³-hybridized carbons (Fsp3) is 0.407. The summed E-state index contributed by atoms with van der Waals surface area (Å²) in [5.74, 6) is 0.556. The van der Waals surface area contributed by atoms with Crippen LogP contribution in [-0.2, 0) is 41.1 Å². The normalized spacial score (nSPS) is 12.8. The molecule has 0 aliphatic carbocycles. The number of nitrogens with zero attached hydrogens (tertiary/aromatic N) is 2. The van der Waals surface area contributed by atoms with Gasteiger partial charge >= 0.3 is 0 Å². The Labute approximate surface area is 383 Å². The van der Waals surface area contributed by atoms with Gasteiger partial charge in [-0.25, -0.2) is 0 Å². The summed E-state index contributed by atoms with van der Waals surface area (Å²) in [6.07, 6.45) is 3.60. The van der Waals surface area contributed by atoms with Crippen molar-refractivity contribution >= 4 is 36.3 Å². The molecule has 0 saturated heterocycles. The zero-order chi connectivity index (χ0) is 44.2. The van der Waals surface area contributed by atoms with Crippen LogP contribution in [0.15, 0.2) is 125 Å². The van der Waals surface area contributed by atoms with Gasteiger partial charge in [-0.3, -0.25) is 9.98 Å². The zero-order valence-corrected chi connectivity index (χ0v) is 42.3. The molecule has 0 heterocycles. The van der Waals surface area contributed by atoms with E-state index in [0.29, 0.717) is 0 Å². The summed E-state index contributed by atoms with van der Waals surface area (Å²) >= 11 is 0. The van der Waals surface area contributed by atoms with Gasteiger partial charge in [0.1, 0.15) is 11.5 Å². The van der Waals surface area contributed by atoms with E-state index in [1.807, 2.05) is 12.1 Å². The molecule has 7 heteroatoms. The number of aromatic hydroxyl groups is 2. The number of benzene rings is 5. The Bertz CT molecular complexity index is 2030. The second-order valence-electron chi connectivity index (χ2n) is 20.9. The van der Waals surface area contributed by atoms with Gasteiger partial charge in [-0.1, -0.05) is 186 Å². The van der Waals surface area contributed by atoms with Gasteiger partial charge in [-0.05, 0) is 96.4 Å². The Morgan fingerprint density at radius 3 is 0.902 bits per heavy atom. The van der Waals surface area contributed by atoms with Gasteiger partial charge in [0.15, 0.2) is 0 Å². The average Bonchev–Trinajstić information content (AvgIpc) is 3.14. The van der Waals surface area contributed by atoms with Crippen molar-refractivity contribution in [2.75, 3.05) is 0 Å². The van der Waals surface area contributed by atoms with Crippen molar-refractivity contribution in [3.8, 4) is 11.5 Å². The predicted molar refractivity (Wildman–Crippen MR) is 263 cm³/mol. The monoisotopic (exact) mass is 930 g/mol. The first-order valence-electron chi connectivity index (χ1n) is 21.0. The molecule has 0 radical (unpaired) electrons. The molecule has 330 valence electrons. The van der Waals surface area contributed by atoms with E-state index in [1.54, 1.807) is 12.4 Å². The van der Waals surface area contributed by atoms with Gasteiger partial charge in [0.25, 0.3) is 0 Å². The smallest absolute Gasteiger partial charge is 0.128 e. The zero-order valence-electron chi connectivity index (χ0n) is 39.7. The van der Waals surface area contributed by atoms with Crippen LogP contribution < -0.4 is 15.9 Å². The third kappa shape index (κ3) is 13.8. The minimum atomic E-state index is -0.598. The molecule has 0 saturated carbocycles. The van der Waals surface area contributed by atoms with Crippen molar-refractivity contribution < 1.29 is 35.2 Å². The van der Waals surface area contributed by atoms with E-state index in [2.05, 4.69) is 214 Å². The SMILES string of the molecule is CC(C)(C)c1cc(C=NC(C)(C)C(C)(C)N=Cc2cc(C(C)(C)C)cc(C(C)(C)C)c2O)c(O)c(C(C)(C)C)c1.O.[Ru].c1ccc(P(c2ccccc2)c2ccccc2)cc1. The van der Waals surface area contributed by atoms with Crippen LogP contribution in [0.25, 0.3) is 0 Å². The first-order valence-corrected chi connectivity index (χ1v) is 22.3. The van der Waals surface area contributed by atoms with Crippen molar-refractivity contribution in [3.63, 3.8) is 0 Å². The molecule has 5 rings (SSSR count). The largest absolute Gasteiger partial charge is 0.507 e. The number of rotatable bonds is 8. The maximum Gasteiger partial charge on any atom is 0.128 e. The molecule has 0 aliphatic heterocycles. The topological polar surface area (TPSA) is 96.7 Å². The first-order chi connectivity index (χ1) is 27.1. The summed E-state index contributed by atoms with van der Waals surface area (Å²) in [5.41, 5.74) is 3.86. The third-order valence-electron chi connectivity index (χ3n) is 11.2. The van der Waals surface area contributed by atoms with Crippen molar-refractivity contribution in [1.29, 1.82) is 0 Å². The van der Waals surface area contributed by atoms with Crippen LogP contribution in [0.5, 0.6) is 11.5 Å². The Morgan fingerprint density at radius 2 is 0.672 bits per heavy atom. The van der Waals surface area contributed by atoms with Crippen LogP contribution in [0.2, 0.25) is 0 Å². The molecule has 5 nitrogen and oxygen atoms in total. The molecular weight excluding hydrogens is 857 g/mol. The summed E-state index contributed by atoms with van der Waals surface area (Å²) < 4.78 is 0. The summed E-state index contributed by atoms with van der Waals surface area (Å²) in [6, 6.07) is 40.7. The fourth-order valence-electron chi connectivity index (χ4n) is 6.48. The quantitative estimate of drug-likeness (QED) is 0.0921. The Kier molecular flexibility index (Phi) is 17.9. The van der Waals surface area contributed by atoms with E-state index >= 15 is 0 Å². The molecule has 4 N–H and O–H groups in total. The fourth-order valence-corrected chi connectivity index (χ4v) is 8.78. The molecule has 0 spiro atoms. The van der Waals surface area contributed by atoms with Crippen LogP contribution in [-0.4, -0.2) is 39.2 Å². The maximum absolute atomic E-state index is 11.2. The van der Waals surface area contributed by atoms with Crippen LogP contribution >= 0.6 is 7.92 Å². The Morgan fingerprint density at radius 1 is 0.410 bits per heavy atom. The van der Waals surface area contributed by atoms with Gasteiger partial charge in [-0.2, -0.15) is 0 Å². The predicted octanol–water partition coefficient (Wildman–Crippen LogP) is 12.0. The number of phenols is 2. The van der Waals surface area contributed by atoms with Crippen molar-refractivity contribution in [2.45, 2.75) is 144 Å². The molecule has 5 aromatic carbocycles. The summed E-state index contributed by atoms with van der Waals surface area (Å²) in [4.78, 5) is 9.98. The van der Waals surface area contributed by atoms with Crippen LogP contribution in [0.3, 0.4) is 0 Å². The third-order valence-corrected chi connectivity index (χ3v) is 13.7. The molecule has 0 fully saturated rings. The summed E-state index contributed by atoms with van der Waals surface area (Å²) in [6.45, 7) is 34.0. The molecule has 0 bridgehead atoms. The standard InChI is InChI=1S/C36H56N2O2.C18H15P.H2O.Ru/c1-31(2,3)25-17-23(29(39)27(19-25)33(7,8)9)21-37-35(13,14)36(15,16)38-22-24-18-26(32(4,5)6)20-28(30(24)40)34(10,11)12;1-4-10-16(11-5-1)19(17-12-6-2-7-13-17)18-14-8-3-9-15-18;;/h17-22,39-40H,1-16H3;1-15H;1H2;. The Balaban J connectivity index is 0.000000507. The molecule has 0 unspecified atom stereocenters. The molecule has 61 heavy (non-hydrogen) atoms. The molecule has 0 atom stereocenters. The van der Waals surface area contributed by atoms with E-state index in [-0.39, 0.29) is 58.1 Å². The number of phenolic OH excluding ortho intramolecular Hbond substituents is 2. The molecule has 0 aromatic heterocycles. The van der Waals surface area contributed by atoms with Crippen molar-refractivity contribution in [1.82, 2.24) is 0 Å². The Hall–Kier alpha value is -3.95. The second kappa shape index (κ2) is 20.5. The van der Waals surface area contributed by atoms with Crippen molar-refractivity contribution in [2.24, 2.45) is 9.98 Å². The first kappa shape index (κ1) is 53.2. The van der Waals surface area contributed by atoms with Gasteiger partial charge in [-0.15, -0.1) is 0 Å². The molecule has 0 amide bonds. The van der Waals surface area contributed by atoms with E-state index in [0.717, 1.165) is 33.4 Å². The molecule has 5 aromatic rings. The van der Waals surface area contributed by atoms with Gasteiger partial charge < -0.3 is 15.7 Å². The van der Waals surface area contributed by atoms with Gasteiger partial charge in [0, 0.05) is 54.2 Å². The number of aliphatic imine (C=N–C) groups is 2. The van der Waals surface area contributed by atoms with Crippen molar-refractivity contribution in [3.05, 3.63) is 149 Å². The van der Waals surface area contributed by atoms with Crippen LogP contribution in [0.4, 0.5) is 0 Å². The van der Waals surface area contributed by atoms with E-state index in [4.69, 9.17) is 9.98 Å². The van der Waals surface area contributed by atoms with Crippen LogP contribution in [0, 0.1) is 0 Å². The minimum Gasteiger partial charge on any atom is -0.507 e. The maximum atomic E-state index is 11.2. The summed E-state index contributed by atoms with van der Waals surface area (Å²) in [7, 11) is -0.446. The van der Waals surface area contributed by atoms with E-state index in [1.165, 1.54) is 15.9 Å². The van der Waals surface area contributed by atoms with Gasteiger partial charge in [0.05, 0.1) is 11.1 Å². The van der Waals surface area contributed by atoms with E-state index in [9.17, 15) is 10.2 Å². The second-order valence-corrected chi connectivity index (χ2v) is 23.1. The number of hydrogen-bond acceptors (Lipinski definition) is 4.